The molecule has 1 heterocycles. The monoisotopic (exact) mass is 236 g/mol. The Kier molecular flexibility index (Phi) is 3.76. The molecule has 1 aromatic carbocycles. The Balaban J connectivity index is 2.34. The number of allylic oxidation sites excluding steroid dienone is 1. The number of hydrogen-bond acceptors (Lipinski definition) is 3. The second-order valence-corrected chi connectivity index (χ2v) is 4.22. The van der Waals surface area contributed by atoms with E-state index in [1.807, 2.05) is 13.0 Å². The van der Waals surface area contributed by atoms with Crippen molar-refractivity contribution in [3.63, 3.8) is 0 Å². The zero-order chi connectivity index (χ0) is 12.3. The highest BCUT2D eigenvalue weighted by atomic mass is 19.1. The highest BCUT2D eigenvalue weighted by Gasteiger charge is 2.21. The lowest BCUT2D eigenvalue weighted by Gasteiger charge is -2.24. The van der Waals surface area contributed by atoms with Crippen molar-refractivity contribution < 1.29 is 9.13 Å². The van der Waals surface area contributed by atoms with Gasteiger partial charge in [0.25, 0.3) is 0 Å². The average Bonchev–Trinajstić information content (AvgIpc) is 2.36. The number of ether oxygens (including phenoxy) is 1. The lowest BCUT2D eigenvalue weighted by molar-refractivity contribution is 0.167. The smallest absolute Gasteiger partial charge is 0.128 e. The van der Waals surface area contributed by atoms with Crippen molar-refractivity contribution in [2.24, 2.45) is 5.84 Å². The maximum atomic E-state index is 13.8. The molecule has 1 atom stereocenters. The van der Waals surface area contributed by atoms with Gasteiger partial charge in [0, 0.05) is 5.56 Å². The maximum Gasteiger partial charge on any atom is 0.128 e. The minimum absolute atomic E-state index is 0.270. The van der Waals surface area contributed by atoms with E-state index in [2.05, 4.69) is 5.43 Å². The van der Waals surface area contributed by atoms with E-state index in [1.54, 1.807) is 12.1 Å². The van der Waals surface area contributed by atoms with Gasteiger partial charge >= 0.3 is 0 Å². The van der Waals surface area contributed by atoms with E-state index < -0.39 is 6.04 Å². The fourth-order valence-electron chi connectivity index (χ4n) is 1.99. The first-order valence-electron chi connectivity index (χ1n) is 5.77. The molecule has 0 spiro atoms. The standard InChI is InChI=1S/C13H17FN2O/c1-9-5-6-11(14)10(8-9)13(16-15)12-4-2-3-7-17-12/h4-6,8,13,16H,2-3,7,15H2,1H3. The fourth-order valence-corrected chi connectivity index (χ4v) is 1.99. The normalized spacial score (nSPS) is 17.2. The van der Waals surface area contributed by atoms with Gasteiger partial charge in [-0.15, -0.1) is 0 Å². The van der Waals surface area contributed by atoms with Crippen LogP contribution < -0.4 is 11.3 Å². The minimum atomic E-state index is -0.407. The molecule has 0 fully saturated rings. The SMILES string of the molecule is Cc1ccc(F)c(C(NN)C2=CCCCO2)c1. The van der Waals surface area contributed by atoms with Crippen LogP contribution in [0, 0.1) is 12.7 Å². The summed E-state index contributed by atoms with van der Waals surface area (Å²) in [4.78, 5) is 0. The lowest BCUT2D eigenvalue weighted by atomic mass is 10.0. The van der Waals surface area contributed by atoms with E-state index >= 15 is 0 Å². The third-order valence-corrected chi connectivity index (χ3v) is 2.88. The largest absolute Gasteiger partial charge is 0.496 e. The van der Waals surface area contributed by atoms with Crippen LogP contribution in [0.25, 0.3) is 0 Å². The van der Waals surface area contributed by atoms with E-state index in [0.29, 0.717) is 17.9 Å². The van der Waals surface area contributed by atoms with Gasteiger partial charge in [-0.1, -0.05) is 17.7 Å². The molecular weight excluding hydrogens is 219 g/mol. The predicted molar refractivity (Wildman–Crippen MR) is 64.5 cm³/mol. The Morgan fingerprint density at radius 1 is 1.47 bits per heavy atom. The van der Waals surface area contributed by atoms with Crippen molar-refractivity contribution in [1.29, 1.82) is 0 Å². The van der Waals surface area contributed by atoms with Gasteiger partial charge in [-0.25, -0.2) is 9.82 Å². The zero-order valence-corrected chi connectivity index (χ0v) is 9.87. The fraction of sp³-hybridized carbons (Fsp3) is 0.385. The molecule has 92 valence electrons. The summed E-state index contributed by atoms with van der Waals surface area (Å²) in [6.45, 7) is 2.59. The van der Waals surface area contributed by atoms with Crippen molar-refractivity contribution in [2.75, 3.05) is 6.61 Å². The molecule has 0 amide bonds. The van der Waals surface area contributed by atoms with Crippen LogP contribution in [0.15, 0.2) is 30.0 Å². The van der Waals surface area contributed by atoms with E-state index in [4.69, 9.17) is 10.6 Å². The Morgan fingerprint density at radius 2 is 2.29 bits per heavy atom. The number of nitrogens with two attached hydrogens (primary N) is 1. The third-order valence-electron chi connectivity index (χ3n) is 2.88. The van der Waals surface area contributed by atoms with Crippen molar-refractivity contribution in [3.05, 3.63) is 47.0 Å². The molecule has 0 aromatic heterocycles. The van der Waals surface area contributed by atoms with Crippen LogP contribution in [-0.2, 0) is 4.74 Å². The van der Waals surface area contributed by atoms with E-state index in [9.17, 15) is 4.39 Å². The Hall–Kier alpha value is -1.39. The molecule has 0 radical (unpaired) electrons. The molecule has 2 rings (SSSR count). The number of rotatable bonds is 3. The first kappa shape index (κ1) is 12.1. The van der Waals surface area contributed by atoms with Crippen LogP contribution in [-0.4, -0.2) is 6.61 Å². The summed E-state index contributed by atoms with van der Waals surface area (Å²) < 4.78 is 19.3. The summed E-state index contributed by atoms with van der Waals surface area (Å²) in [6.07, 6.45) is 3.91. The van der Waals surface area contributed by atoms with Gasteiger partial charge in [-0.3, -0.25) is 5.84 Å². The second kappa shape index (κ2) is 5.29. The van der Waals surface area contributed by atoms with Crippen LogP contribution in [0.2, 0.25) is 0 Å². The third kappa shape index (κ3) is 2.65. The number of aryl methyl sites for hydroxylation is 1. The first-order chi connectivity index (χ1) is 8.22. The van der Waals surface area contributed by atoms with Crippen molar-refractivity contribution in [2.45, 2.75) is 25.8 Å². The van der Waals surface area contributed by atoms with Crippen LogP contribution in [0.5, 0.6) is 0 Å². The molecule has 1 unspecified atom stereocenters. The van der Waals surface area contributed by atoms with Gasteiger partial charge in [0.15, 0.2) is 0 Å². The summed E-state index contributed by atoms with van der Waals surface area (Å²) in [6, 6.07) is 4.58. The summed E-state index contributed by atoms with van der Waals surface area (Å²) in [5.74, 6) is 5.96. The molecule has 1 aliphatic rings. The summed E-state index contributed by atoms with van der Waals surface area (Å²) >= 11 is 0. The zero-order valence-electron chi connectivity index (χ0n) is 9.87. The molecule has 3 N–H and O–H groups in total. The Labute approximate surface area is 100 Å². The highest BCUT2D eigenvalue weighted by molar-refractivity contribution is 5.31. The van der Waals surface area contributed by atoms with Crippen LogP contribution in [0.4, 0.5) is 4.39 Å². The van der Waals surface area contributed by atoms with Crippen molar-refractivity contribution >= 4 is 0 Å². The molecule has 1 aromatic rings. The molecule has 0 bridgehead atoms. The quantitative estimate of drug-likeness (QED) is 0.625. The Bertz CT molecular complexity index is 431. The molecule has 3 nitrogen and oxygen atoms in total. The van der Waals surface area contributed by atoms with Gasteiger partial charge in [-0.05, 0) is 31.9 Å². The average molecular weight is 236 g/mol. The number of benzene rings is 1. The second-order valence-electron chi connectivity index (χ2n) is 4.22. The van der Waals surface area contributed by atoms with Crippen molar-refractivity contribution in [1.82, 2.24) is 5.43 Å². The highest BCUT2D eigenvalue weighted by Crippen LogP contribution is 2.27. The van der Waals surface area contributed by atoms with Crippen molar-refractivity contribution in [3.8, 4) is 0 Å². The van der Waals surface area contributed by atoms with Gasteiger partial charge in [0.1, 0.15) is 17.6 Å². The molecule has 4 heteroatoms. The van der Waals surface area contributed by atoms with Crippen LogP contribution in [0.3, 0.4) is 0 Å². The molecule has 0 saturated carbocycles. The Morgan fingerprint density at radius 3 is 2.94 bits per heavy atom. The minimum Gasteiger partial charge on any atom is -0.496 e. The van der Waals surface area contributed by atoms with Crippen LogP contribution >= 0.6 is 0 Å². The number of halogens is 1. The van der Waals surface area contributed by atoms with E-state index in [0.717, 1.165) is 18.4 Å². The van der Waals surface area contributed by atoms with Gasteiger partial charge in [0.2, 0.25) is 0 Å². The molecule has 1 aliphatic heterocycles. The topological polar surface area (TPSA) is 47.3 Å². The first-order valence-corrected chi connectivity index (χ1v) is 5.77. The van der Waals surface area contributed by atoms with Gasteiger partial charge in [-0.2, -0.15) is 0 Å². The number of hydrogen-bond donors (Lipinski definition) is 2. The number of hydrazine groups is 1. The molecule has 0 aliphatic carbocycles. The van der Waals surface area contributed by atoms with E-state index in [1.165, 1.54) is 6.07 Å². The lowest BCUT2D eigenvalue weighted by Crippen LogP contribution is -2.31. The van der Waals surface area contributed by atoms with E-state index in [-0.39, 0.29) is 5.82 Å². The van der Waals surface area contributed by atoms with Gasteiger partial charge in [0.05, 0.1) is 6.61 Å². The molecule has 0 saturated heterocycles. The molecular formula is C13H17FN2O. The predicted octanol–water partition coefficient (Wildman–Crippen LogP) is 2.33. The van der Waals surface area contributed by atoms with Gasteiger partial charge < -0.3 is 4.74 Å². The molecule has 17 heavy (non-hydrogen) atoms. The summed E-state index contributed by atoms with van der Waals surface area (Å²) in [5.41, 5.74) is 4.15. The van der Waals surface area contributed by atoms with Crippen LogP contribution in [0.1, 0.15) is 30.0 Å². The summed E-state index contributed by atoms with van der Waals surface area (Å²) in [5, 5.41) is 0. The number of nitrogens with one attached hydrogen (secondary N) is 1. The summed E-state index contributed by atoms with van der Waals surface area (Å²) in [7, 11) is 0. The maximum absolute atomic E-state index is 13.8.